The quantitative estimate of drug-likeness (QED) is 0.394. The van der Waals surface area contributed by atoms with Gasteiger partial charge in [-0.2, -0.15) is 0 Å². The number of hydrogen-bond acceptors (Lipinski definition) is 3. The molecule has 5 nitrogen and oxygen atoms in total. The fourth-order valence-corrected chi connectivity index (χ4v) is 1.73. The van der Waals surface area contributed by atoms with Crippen molar-refractivity contribution in [2.75, 3.05) is 13.1 Å². The van der Waals surface area contributed by atoms with Crippen LogP contribution in [0.2, 0.25) is 0 Å². The average molecular weight is 198 g/mol. The lowest BCUT2D eigenvalue weighted by atomic mass is 9.97. The van der Waals surface area contributed by atoms with Crippen molar-refractivity contribution in [1.29, 1.82) is 0 Å². The molecule has 1 aliphatic rings. The number of likely N-dealkylation sites (tertiary alicyclic amines) is 1. The van der Waals surface area contributed by atoms with Gasteiger partial charge in [0.2, 0.25) is 0 Å². The Kier molecular flexibility index (Phi) is 3.37. The number of piperidine rings is 1. The number of aliphatic hydroxyl groups is 1. The molecule has 1 saturated heterocycles. The Morgan fingerprint density at radius 3 is 2.57 bits per heavy atom. The molecule has 0 bridgehead atoms. The number of aliphatic hydroxyl groups excluding tert-OH is 1. The van der Waals surface area contributed by atoms with Crippen LogP contribution < -0.4 is 0 Å². The summed E-state index contributed by atoms with van der Waals surface area (Å²) < 4.78 is 0. The van der Waals surface area contributed by atoms with E-state index in [4.69, 9.17) is 5.53 Å². The third-order valence-corrected chi connectivity index (χ3v) is 2.70. The van der Waals surface area contributed by atoms with Gasteiger partial charge < -0.3 is 5.11 Å². The lowest BCUT2D eigenvalue weighted by molar-refractivity contribution is 0.0101. The zero-order valence-corrected chi connectivity index (χ0v) is 9.01. The molecule has 0 aliphatic carbocycles. The number of nitrogens with zero attached hydrogens (tertiary/aromatic N) is 4. The second kappa shape index (κ2) is 4.17. The van der Waals surface area contributed by atoms with Crippen molar-refractivity contribution >= 4 is 0 Å². The molecule has 0 aromatic rings. The molecule has 2 atom stereocenters. The van der Waals surface area contributed by atoms with Crippen LogP contribution in [0.3, 0.4) is 0 Å². The minimum atomic E-state index is -0.529. The molecule has 1 fully saturated rings. The van der Waals surface area contributed by atoms with Gasteiger partial charge in [-0.25, -0.2) is 0 Å². The van der Waals surface area contributed by atoms with E-state index in [0.29, 0.717) is 6.54 Å². The van der Waals surface area contributed by atoms with E-state index >= 15 is 0 Å². The van der Waals surface area contributed by atoms with Gasteiger partial charge in [0.05, 0.1) is 12.1 Å². The maximum atomic E-state index is 9.73. The zero-order valence-electron chi connectivity index (χ0n) is 9.01. The van der Waals surface area contributed by atoms with Crippen molar-refractivity contribution in [3.63, 3.8) is 0 Å². The summed E-state index contributed by atoms with van der Waals surface area (Å²) >= 11 is 0. The van der Waals surface area contributed by atoms with Crippen molar-refractivity contribution < 1.29 is 5.11 Å². The Hall–Kier alpha value is -0.770. The standard InChI is InChI=1S/C9H18N4O/c1-9(2,3)13-5-4-7(11-12-10)8(14)6-13/h7-8,14H,4-6H2,1-3H3/t7-,8-/m1/s1. The molecule has 14 heavy (non-hydrogen) atoms. The van der Waals surface area contributed by atoms with E-state index in [9.17, 15) is 5.11 Å². The third-order valence-electron chi connectivity index (χ3n) is 2.70. The predicted molar refractivity (Wildman–Crippen MR) is 54.9 cm³/mol. The van der Waals surface area contributed by atoms with Crippen LogP contribution in [-0.4, -0.2) is 40.8 Å². The van der Waals surface area contributed by atoms with Crippen LogP contribution in [0.1, 0.15) is 27.2 Å². The van der Waals surface area contributed by atoms with Gasteiger partial charge in [0, 0.05) is 17.0 Å². The van der Waals surface area contributed by atoms with E-state index in [1.165, 1.54) is 0 Å². The van der Waals surface area contributed by atoms with Gasteiger partial charge in [0.1, 0.15) is 0 Å². The number of β-amino-alcohol motifs (C(OH)–C–C–N with tert-alkyl or cyclic N) is 1. The van der Waals surface area contributed by atoms with Crippen molar-refractivity contribution in [3.05, 3.63) is 10.4 Å². The van der Waals surface area contributed by atoms with Gasteiger partial charge in [0.15, 0.2) is 0 Å². The highest BCUT2D eigenvalue weighted by molar-refractivity contribution is 4.89. The molecule has 0 amide bonds. The molecule has 0 radical (unpaired) electrons. The average Bonchev–Trinajstić information content (AvgIpc) is 2.07. The summed E-state index contributed by atoms with van der Waals surface area (Å²) in [6, 6.07) is -0.251. The van der Waals surface area contributed by atoms with Crippen LogP contribution in [0, 0.1) is 0 Å². The first-order chi connectivity index (χ1) is 6.45. The van der Waals surface area contributed by atoms with Gasteiger partial charge >= 0.3 is 0 Å². The molecule has 1 rings (SSSR count). The molecule has 0 aromatic carbocycles. The molecule has 5 heteroatoms. The summed E-state index contributed by atoms with van der Waals surface area (Å²) in [4.78, 5) is 4.95. The molecule has 1 aliphatic heterocycles. The van der Waals surface area contributed by atoms with Crippen LogP contribution in [0.5, 0.6) is 0 Å². The summed E-state index contributed by atoms with van der Waals surface area (Å²) in [7, 11) is 0. The minimum absolute atomic E-state index is 0.0717. The lowest BCUT2D eigenvalue weighted by Crippen LogP contribution is -2.53. The highest BCUT2D eigenvalue weighted by Crippen LogP contribution is 2.21. The van der Waals surface area contributed by atoms with E-state index in [1.54, 1.807) is 0 Å². The number of rotatable bonds is 1. The van der Waals surface area contributed by atoms with Crippen molar-refractivity contribution in [1.82, 2.24) is 4.90 Å². The van der Waals surface area contributed by atoms with Crippen LogP contribution >= 0.6 is 0 Å². The topological polar surface area (TPSA) is 72.2 Å². The Balaban J connectivity index is 2.59. The SMILES string of the molecule is CC(C)(C)N1CC[C@@H](N=[N+]=[N-])[C@H](O)C1. The van der Waals surface area contributed by atoms with Gasteiger partial charge in [-0.15, -0.1) is 0 Å². The second-order valence-corrected chi connectivity index (χ2v) is 4.75. The van der Waals surface area contributed by atoms with E-state index in [0.717, 1.165) is 13.0 Å². The summed E-state index contributed by atoms with van der Waals surface area (Å²) in [5.41, 5.74) is 8.37. The summed E-state index contributed by atoms with van der Waals surface area (Å²) in [5, 5.41) is 13.3. The summed E-state index contributed by atoms with van der Waals surface area (Å²) in [6.45, 7) is 7.83. The van der Waals surface area contributed by atoms with Crippen LogP contribution in [0.25, 0.3) is 10.4 Å². The molecule has 1 N–H and O–H groups in total. The zero-order chi connectivity index (χ0) is 10.8. The van der Waals surface area contributed by atoms with Gasteiger partial charge in [-0.05, 0) is 39.3 Å². The van der Waals surface area contributed by atoms with E-state index < -0.39 is 6.10 Å². The molecular formula is C9H18N4O. The fraction of sp³-hybridized carbons (Fsp3) is 1.00. The van der Waals surface area contributed by atoms with Crippen molar-refractivity contribution in [2.45, 2.75) is 44.9 Å². The van der Waals surface area contributed by atoms with E-state index in [2.05, 4.69) is 35.7 Å². The lowest BCUT2D eigenvalue weighted by Gasteiger charge is -2.42. The first-order valence-electron chi connectivity index (χ1n) is 4.92. The van der Waals surface area contributed by atoms with E-state index in [1.807, 2.05) is 0 Å². The number of hydrogen-bond donors (Lipinski definition) is 1. The molecule has 0 aromatic heterocycles. The maximum Gasteiger partial charge on any atom is 0.0752 e. The maximum absolute atomic E-state index is 9.73. The second-order valence-electron chi connectivity index (χ2n) is 4.75. The molecule has 0 spiro atoms. The third kappa shape index (κ3) is 2.61. The highest BCUT2D eigenvalue weighted by atomic mass is 16.3. The molecule has 80 valence electrons. The Labute approximate surface area is 84.3 Å². The minimum Gasteiger partial charge on any atom is -0.391 e. The van der Waals surface area contributed by atoms with Crippen molar-refractivity contribution in [3.8, 4) is 0 Å². The smallest absolute Gasteiger partial charge is 0.0752 e. The predicted octanol–water partition coefficient (Wildman–Crippen LogP) is 1.53. The largest absolute Gasteiger partial charge is 0.391 e. The number of azide groups is 1. The molecular weight excluding hydrogens is 180 g/mol. The first kappa shape index (κ1) is 11.3. The first-order valence-corrected chi connectivity index (χ1v) is 4.92. The van der Waals surface area contributed by atoms with Crippen molar-refractivity contribution in [2.24, 2.45) is 5.11 Å². The van der Waals surface area contributed by atoms with Gasteiger partial charge in [-0.3, -0.25) is 4.90 Å². The van der Waals surface area contributed by atoms with Crippen LogP contribution in [0.15, 0.2) is 5.11 Å². The van der Waals surface area contributed by atoms with Crippen LogP contribution in [-0.2, 0) is 0 Å². The van der Waals surface area contributed by atoms with Crippen LogP contribution in [0.4, 0.5) is 0 Å². The highest BCUT2D eigenvalue weighted by Gasteiger charge is 2.32. The van der Waals surface area contributed by atoms with Gasteiger partial charge in [0.25, 0.3) is 0 Å². The van der Waals surface area contributed by atoms with Gasteiger partial charge in [-0.1, -0.05) is 5.11 Å². The molecule has 1 heterocycles. The Bertz CT molecular complexity index is 242. The van der Waals surface area contributed by atoms with E-state index in [-0.39, 0.29) is 11.6 Å². The molecule has 0 saturated carbocycles. The fourth-order valence-electron chi connectivity index (χ4n) is 1.73. The monoisotopic (exact) mass is 198 g/mol. The summed E-state index contributed by atoms with van der Waals surface area (Å²) in [6.07, 6.45) is 0.210. The summed E-state index contributed by atoms with van der Waals surface area (Å²) in [5.74, 6) is 0. The Morgan fingerprint density at radius 2 is 2.14 bits per heavy atom. The normalized spacial score (nSPS) is 29.7. The Morgan fingerprint density at radius 1 is 1.50 bits per heavy atom. The molecule has 0 unspecified atom stereocenters.